The second kappa shape index (κ2) is 4.96. The van der Waals surface area contributed by atoms with E-state index in [1.54, 1.807) is 0 Å². The number of nitro benzene ring substituents is 1. The number of rotatable bonds is 3. The second-order valence-corrected chi connectivity index (χ2v) is 3.57. The van der Waals surface area contributed by atoms with E-state index >= 15 is 0 Å². The maximum atomic E-state index is 10.5. The predicted molar refractivity (Wildman–Crippen MR) is 59.6 cm³/mol. The molecule has 5 nitrogen and oxygen atoms in total. The van der Waals surface area contributed by atoms with Crippen LogP contribution in [0.2, 0.25) is 5.02 Å². The number of carboxylic acid groups (broad SMARTS) is 1. The number of hydrogen-bond donors (Lipinski definition) is 1. The average Bonchev–Trinajstić information content (AvgIpc) is 2.20. The molecule has 0 fully saturated rings. The molecular weight excluding hydrogens is 257 g/mol. The third-order valence-electron chi connectivity index (χ3n) is 1.68. The number of nitrogens with zero attached hydrogens (tertiary/aromatic N) is 1. The Morgan fingerprint density at radius 3 is 2.62 bits per heavy atom. The van der Waals surface area contributed by atoms with Crippen molar-refractivity contribution < 1.29 is 14.8 Å². The molecule has 84 valence electrons. The lowest BCUT2D eigenvalue weighted by Gasteiger charge is -1.98. The van der Waals surface area contributed by atoms with Gasteiger partial charge in [0.15, 0.2) is 0 Å². The van der Waals surface area contributed by atoms with Gasteiger partial charge in [-0.25, -0.2) is 4.79 Å². The van der Waals surface area contributed by atoms with E-state index in [2.05, 4.69) is 0 Å². The van der Waals surface area contributed by atoms with Crippen LogP contribution in [0, 0.1) is 10.1 Å². The predicted octanol–water partition coefficient (Wildman–Crippen LogP) is 2.91. The molecule has 0 aliphatic heterocycles. The fraction of sp³-hybridized carbons (Fsp3) is 0. The van der Waals surface area contributed by atoms with Crippen molar-refractivity contribution in [1.82, 2.24) is 0 Å². The summed E-state index contributed by atoms with van der Waals surface area (Å²) in [4.78, 5) is 20.3. The molecule has 1 aromatic rings. The molecule has 0 spiro atoms. The second-order valence-electron chi connectivity index (χ2n) is 2.76. The number of benzene rings is 1. The van der Waals surface area contributed by atoms with Crippen LogP contribution in [0.4, 0.5) is 5.69 Å². The Kier molecular flexibility index (Phi) is 3.87. The molecule has 0 aliphatic carbocycles. The maximum Gasteiger partial charge on any atom is 0.347 e. The lowest BCUT2D eigenvalue weighted by atomic mass is 10.2. The normalized spacial score (nSPS) is 11.2. The van der Waals surface area contributed by atoms with Crippen LogP contribution in [0.1, 0.15) is 5.56 Å². The first-order valence-corrected chi connectivity index (χ1v) is 4.72. The van der Waals surface area contributed by atoms with E-state index in [1.807, 2.05) is 0 Å². The summed E-state index contributed by atoms with van der Waals surface area (Å²) in [5.41, 5.74) is -0.00577. The molecular formula is C9H5Cl2NO4. The Balaban J connectivity index is 3.23. The third-order valence-corrected chi connectivity index (χ3v) is 2.29. The lowest BCUT2D eigenvalue weighted by Crippen LogP contribution is -1.94. The van der Waals surface area contributed by atoms with E-state index in [4.69, 9.17) is 28.3 Å². The molecule has 0 aliphatic rings. The van der Waals surface area contributed by atoms with Crippen molar-refractivity contribution in [3.8, 4) is 0 Å². The Morgan fingerprint density at radius 2 is 2.12 bits per heavy atom. The van der Waals surface area contributed by atoms with Gasteiger partial charge in [0.1, 0.15) is 5.03 Å². The molecule has 0 aromatic heterocycles. The molecule has 1 N–H and O–H groups in total. The largest absolute Gasteiger partial charge is 0.477 e. The van der Waals surface area contributed by atoms with E-state index in [9.17, 15) is 14.9 Å². The Morgan fingerprint density at radius 1 is 1.50 bits per heavy atom. The molecule has 0 bridgehead atoms. The Hall–Kier alpha value is -1.59. The van der Waals surface area contributed by atoms with Crippen LogP contribution in [0.15, 0.2) is 23.2 Å². The highest BCUT2D eigenvalue weighted by molar-refractivity contribution is 6.43. The number of aliphatic carboxylic acids is 1. The van der Waals surface area contributed by atoms with Crippen molar-refractivity contribution in [2.45, 2.75) is 0 Å². The van der Waals surface area contributed by atoms with Crippen molar-refractivity contribution in [1.29, 1.82) is 0 Å². The van der Waals surface area contributed by atoms with Crippen molar-refractivity contribution in [2.24, 2.45) is 0 Å². The first-order chi connectivity index (χ1) is 7.41. The summed E-state index contributed by atoms with van der Waals surface area (Å²) >= 11 is 11.1. The monoisotopic (exact) mass is 261 g/mol. The van der Waals surface area contributed by atoms with Crippen LogP contribution in [-0.4, -0.2) is 16.0 Å². The summed E-state index contributed by atoms with van der Waals surface area (Å²) in [5.74, 6) is -1.33. The molecule has 1 rings (SSSR count). The third kappa shape index (κ3) is 2.95. The fourth-order valence-corrected chi connectivity index (χ4v) is 1.24. The van der Waals surface area contributed by atoms with Crippen LogP contribution < -0.4 is 0 Å². The van der Waals surface area contributed by atoms with Gasteiger partial charge in [-0.2, -0.15) is 0 Å². The summed E-state index contributed by atoms with van der Waals surface area (Å²) in [6.45, 7) is 0. The van der Waals surface area contributed by atoms with Crippen LogP contribution in [0.25, 0.3) is 6.08 Å². The highest BCUT2D eigenvalue weighted by Gasteiger charge is 2.10. The van der Waals surface area contributed by atoms with Crippen molar-refractivity contribution in [3.05, 3.63) is 43.9 Å². The average molecular weight is 262 g/mol. The molecule has 7 heteroatoms. The number of hydrogen-bond acceptors (Lipinski definition) is 3. The van der Waals surface area contributed by atoms with Crippen molar-refractivity contribution >= 4 is 40.9 Å². The zero-order valence-corrected chi connectivity index (χ0v) is 9.20. The molecule has 0 radical (unpaired) electrons. The molecule has 1 aromatic carbocycles. The Bertz CT molecular complexity index is 484. The molecule has 0 saturated heterocycles. The summed E-state index contributed by atoms with van der Waals surface area (Å²) in [6.07, 6.45) is 1.05. The molecule has 0 unspecified atom stereocenters. The minimum Gasteiger partial charge on any atom is -0.477 e. The Labute approximate surface area is 100 Å². The first-order valence-electron chi connectivity index (χ1n) is 3.96. The van der Waals surface area contributed by atoms with Crippen LogP contribution >= 0.6 is 23.2 Å². The van der Waals surface area contributed by atoms with Gasteiger partial charge in [-0.1, -0.05) is 23.2 Å². The van der Waals surface area contributed by atoms with Gasteiger partial charge < -0.3 is 5.11 Å². The molecule has 16 heavy (non-hydrogen) atoms. The number of carboxylic acids is 1. The van der Waals surface area contributed by atoms with Crippen LogP contribution in [0.5, 0.6) is 0 Å². The van der Waals surface area contributed by atoms with Crippen LogP contribution in [-0.2, 0) is 4.79 Å². The first kappa shape index (κ1) is 12.5. The van der Waals surface area contributed by atoms with Gasteiger partial charge >= 0.3 is 5.97 Å². The van der Waals surface area contributed by atoms with E-state index in [0.717, 1.165) is 12.1 Å². The molecule has 0 atom stereocenters. The van der Waals surface area contributed by atoms with E-state index in [1.165, 1.54) is 12.1 Å². The van der Waals surface area contributed by atoms with Gasteiger partial charge in [0.05, 0.1) is 4.92 Å². The van der Waals surface area contributed by atoms with Gasteiger partial charge in [-0.3, -0.25) is 10.1 Å². The molecule has 0 saturated carbocycles. The smallest absolute Gasteiger partial charge is 0.347 e. The summed E-state index contributed by atoms with van der Waals surface area (Å²) in [5, 5.41) is 18.7. The number of non-ortho nitro benzene ring substituents is 1. The SMILES string of the molecule is O=C(O)C(Cl)=Cc1cc([N+](=O)[O-])ccc1Cl. The lowest BCUT2D eigenvalue weighted by molar-refractivity contribution is -0.384. The van der Waals surface area contributed by atoms with Crippen molar-refractivity contribution in [3.63, 3.8) is 0 Å². The highest BCUT2D eigenvalue weighted by atomic mass is 35.5. The van der Waals surface area contributed by atoms with Gasteiger partial charge in [0, 0.05) is 22.7 Å². The summed E-state index contributed by atoms with van der Waals surface area (Å²) < 4.78 is 0. The molecule has 0 heterocycles. The minimum absolute atomic E-state index is 0.184. The summed E-state index contributed by atoms with van der Waals surface area (Å²) in [7, 11) is 0. The van der Waals surface area contributed by atoms with E-state index in [-0.39, 0.29) is 16.3 Å². The van der Waals surface area contributed by atoms with E-state index < -0.39 is 15.9 Å². The van der Waals surface area contributed by atoms with Gasteiger partial charge in [0.25, 0.3) is 5.69 Å². The maximum absolute atomic E-state index is 10.5. The summed E-state index contributed by atoms with van der Waals surface area (Å²) in [6, 6.07) is 3.67. The number of halogens is 2. The fourth-order valence-electron chi connectivity index (χ4n) is 0.954. The standard InChI is InChI=1S/C9H5Cl2NO4/c10-7-2-1-6(12(15)16)3-5(7)4-8(11)9(13)14/h1-4H,(H,13,14). The number of nitro groups is 1. The van der Waals surface area contributed by atoms with Gasteiger partial charge in [-0.15, -0.1) is 0 Å². The van der Waals surface area contributed by atoms with Crippen LogP contribution in [0.3, 0.4) is 0 Å². The zero-order valence-electron chi connectivity index (χ0n) is 7.68. The van der Waals surface area contributed by atoms with Gasteiger partial charge in [0.2, 0.25) is 0 Å². The minimum atomic E-state index is -1.33. The zero-order chi connectivity index (χ0) is 12.3. The van der Waals surface area contributed by atoms with Crippen molar-refractivity contribution in [2.75, 3.05) is 0 Å². The quantitative estimate of drug-likeness (QED) is 0.515. The highest BCUT2D eigenvalue weighted by Crippen LogP contribution is 2.24. The van der Waals surface area contributed by atoms with E-state index in [0.29, 0.717) is 0 Å². The number of carbonyl (C=O) groups is 1. The molecule has 0 amide bonds. The van der Waals surface area contributed by atoms with Gasteiger partial charge in [-0.05, 0) is 12.1 Å². The topological polar surface area (TPSA) is 80.4 Å².